The van der Waals surface area contributed by atoms with Gasteiger partial charge in [-0.05, 0) is 36.9 Å². The van der Waals surface area contributed by atoms with Crippen LogP contribution in [0.2, 0.25) is 0 Å². The molecule has 0 aliphatic carbocycles. The first kappa shape index (κ1) is 22.0. The van der Waals surface area contributed by atoms with Gasteiger partial charge in [-0.15, -0.1) is 0 Å². The van der Waals surface area contributed by atoms with Crippen LogP contribution in [0.4, 0.5) is 11.4 Å². The maximum Gasteiger partial charge on any atom is 0.292 e. The lowest BCUT2D eigenvalue weighted by molar-refractivity contribution is -0.384. The normalized spacial score (nSPS) is 17.4. The molecule has 2 aliphatic rings. The van der Waals surface area contributed by atoms with Crippen LogP contribution >= 0.6 is 11.8 Å². The number of piperazine rings is 1. The number of anilines is 1. The summed E-state index contributed by atoms with van der Waals surface area (Å²) in [5.74, 6) is 1.06. The average Bonchev–Trinajstić information content (AvgIpc) is 3.47. The molecule has 1 saturated heterocycles. The molecule has 172 valence electrons. The Kier molecular flexibility index (Phi) is 5.93. The van der Waals surface area contributed by atoms with Crippen molar-refractivity contribution in [2.75, 3.05) is 31.1 Å². The van der Waals surface area contributed by atoms with E-state index in [4.69, 9.17) is 4.42 Å². The molecule has 0 unspecified atom stereocenters. The summed E-state index contributed by atoms with van der Waals surface area (Å²) in [6.45, 7) is 4.49. The van der Waals surface area contributed by atoms with E-state index in [1.165, 1.54) is 23.4 Å². The minimum atomic E-state index is -0.354. The van der Waals surface area contributed by atoms with Crippen LogP contribution in [0.1, 0.15) is 11.3 Å². The number of hydrogen-bond donors (Lipinski definition) is 0. The van der Waals surface area contributed by atoms with Crippen LogP contribution in [-0.2, 0) is 4.79 Å². The van der Waals surface area contributed by atoms with Gasteiger partial charge in [0.2, 0.25) is 0 Å². The van der Waals surface area contributed by atoms with Crippen molar-refractivity contribution in [2.24, 2.45) is 4.99 Å². The molecule has 34 heavy (non-hydrogen) atoms. The number of hydrogen-bond acceptors (Lipinski definition) is 7. The highest BCUT2D eigenvalue weighted by atomic mass is 32.2. The number of rotatable bonds is 4. The lowest BCUT2D eigenvalue weighted by atomic mass is 10.1. The first-order valence-corrected chi connectivity index (χ1v) is 11.7. The van der Waals surface area contributed by atoms with Crippen molar-refractivity contribution in [1.82, 2.24) is 4.90 Å². The quantitative estimate of drug-likeness (QED) is 0.300. The van der Waals surface area contributed by atoms with Crippen LogP contribution in [0.3, 0.4) is 0 Å². The number of nitro benzene ring substituents is 1. The number of amidine groups is 1. The van der Waals surface area contributed by atoms with Gasteiger partial charge in [0.15, 0.2) is 5.17 Å². The molecule has 5 rings (SSSR count). The van der Waals surface area contributed by atoms with E-state index in [0.29, 0.717) is 47.7 Å². The van der Waals surface area contributed by atoms with Crippen LogP contribution in [0.15, 0.2) is 75.0 Å². The molecule has 0 saturated carbocycles. The van der Waals surface area contributed by atoms with E-state index in [2.05, 4.69) is 9.89 Å². The Bertz CT molecular complexity index is 1300. The minimum Gasteiger partial charge on any atom is -0.457 e. The van der Waals surface area contributed by atoms with Gasteiger partial charge in [-0.2, -0.15) is 4.99 Å². The smallest absolute Gasteiger partial charge is 0.292 e. The van der Waals surface area contributed by atoms with Gasteiger partial charge in [0.05, 0.1) is 9.83 Å². The predicted octanol–water partition coefficient (Wildman–Crippen LogP) is 4.96. The standard InChI is InChI=1S/C25H22N4O4S/c1-17-6-8-18(9-7-17)22-11-10-19(33-22)16-23-24(30)26-25(34-23)28-14-12-27(13-15-28)20-4-2-3-5-21(20)29(31)32/h2-11,16H,12-15H2,1H3. The maximum atomic E-state index is 12.5. The van der Waals surface area contributed by atoms with E-state index in [1.807, 2.05) is 48.2 Å². The summed E-state index contributed by atoms with van der Waals surface area (Å²) in [7, 11) is 0. The number of carbonyl (C=O) groups is 1. The van der Waals surface area contributed by atoms with Crippen LogP contribution < -0.4 is 4.90 Å². The molecular weight excluding hydrogens is 452 g/mol. The number of carbonyl (C=O) groups excluding carboxylic acids is 1. The van der Waals surface area contributed by atoms with Gasteiger partial charge >= 0.3 is 0 Å². The first-order chi connectivity index (χ1) is 16.5. The zero-order valence-corrected chi connectivity index (χ0v) is 19.3. The van der Waals surface area contributed by atoms with Crippen molar-refractivity contribution in [2.45, 2.75) is 6.92 Å². The number of aliphatic imine (C=N–C) groups is 1. The van der Waals surface area contributed by atoms with E-state index in [9.17, 15) is 14.9 Å². The van der Waals surface area contributed by atoms with Crippen molar-refractivity contribution in [3.63, 3.8) is 0 Å². The Hall–Kier alpha value is -3.85. The molecule has 0 N–H and O–H groups in total. The molecule has 3 heterocycles. The molecule has 2 aliphatic heterocycles. The van der Waals surface area contributed by atoms with Crippen molar-refractivity contribution in [3.05, 3.63) is 87.0 Å². The molecule has 2 aromatic carbocycles. The van der Waals surface area contributed by atoms with E-state index in [0.717, 1.165) is 11.3 Å². The SMILES string of the molecule is Cc1ccc(-c2ccc(C=C3SC(N4CCN(c5ccccc5[N+](=O)[O-])CC4)=NC3=O)o2)cc1. The van der Waals surface area contributed by atoms with Gasteiger partial charge in [0, 0.05) is 43.9 Å². The van der Waals surface area contributed by atoms with E-state index in [-0.39, 0.29) is 16.5 Å². The highest BCUT2D eigenvalue weighted by Gasteiger charge is 2.30. The van der Waals surface area contributed by atoms with Crippen LogP contribution in [0.25, 0.3) is 17.4 Å². The molecule has 0 radical (unpaired) electrons. The summed E-state index contributed by atoms with van der Waals surface area (Å²) in [5, 5.41) is 12.0. The third-order valence-corrected chi connectivity index (χ3v) is 6.86. The van der Waals surface area contributed by atoms with Gasteiger partial charge in [0.1, 0.15) is 17.2 Å². The highest BCUT2D eigenvalue weighted by molar-refractivity contribution is 8.18. The second-order valence-corrected chi connectivity index (χ2v) is 9.11. The molecule has 1 fully saturated rings. The molecule has 0 atom stereocenters. The van der Waals surface area contributed by atoms with Crippen LogP contribution in [-0.4, -0.2) is 47.1 Å². The highest BCUT2D eigenvalue weighted by Crippen LogP contribution is 2.33. The zero-order valence-electron chi connectivity index (χ0n) is 18.5. The number of para-hydroxylation sites is 2. The number of thioether (sulfide) groups is 1. The molecule has 1 amide bonds. The van der Waals surface area contributed by atoms with Gasteiger partial charge in [-0.3, -0.25) is 14.9 Å². The zero-order chi connectivity index (χ0) is 23.7. The predicted molar refractivity (Wildman–Crippen MR) is 134 cm³/mol. The van der Waals surface area contributed by atoms with Gasteiger partial charge in [-0.25, -0.2) is 0 Å². The number of furan rings is 1. The van der Waals surface area contributed by atoms with Crippen molar-refractivity contribution in [1.29, 1.82) is 0 Å². The van der Waals surface area contributed by atoms with E-state index < -0.39 is 0 Å². The van der Waals surface area contributed by atoms with Crippen molar-refractivity contribution in [3.8, 4) is 11.3 Å². The molecule has 3 aromatic rings. The number of aryl methyl sites for hydroxylation is 1. The summed E-state index contributed by atoms with van der Waals surface area (Å²) in [6, 6.07) is 18.6. The Balaban J connectivity index is 1.24. The largest absolute Gasteiger partial charge is 0.457 e. The Morgan fingerprint density at radius 3 is 2.44 bits per heavy atom. The molecule has 9 heteroatoms. The summed E-state index contributed by atoms with van der Waals surface area (Å²) in [5.41, 5.74) is 2.88. The summed E-state index contributed by atoms with van der Waals surface area (Å²) < 4.78 is 5.93. The Morgan fingerprint density at radius 2 is 1.71 bits per heavy atom. The summed E-state index contributed by atoms with van der Waals surface area (Å²) in [4.78, 5) is 32.3. The fourth-order valence-electron chi connectivity index (χ4n) is 3.99. The van der Waals surface area contributed by atoms with Crippen LogP contribution in [0.5, 0.6) is 0 Å². The lowest BCUT2D eigenvalue weighted by Gasteiger charge is -2.36. The van der Waals surface area contributed by atoms with Gasteiger partial charge in [0.25, 0.3) is 11.6 Å². The second-order valence-electron chi connectivity index (χ2n) is 8.10. The van der Waals surface area contributed by atoms with E-state index in [1.54, 1.807) is 24.3 Å². The van der Waals surface area contributed by atoms with E-state index >= 15 is 0 Å². The Labute approximate surface area is 200 Å². The molecule has 1 aromatic heterocycles. The molecule has 0 spiro atoms. The topological polar surface area (TPSA) is 92.2 Å². The number of nitro groups is 1. The maximum absolute atomic E-state index is 12.5. The molecular formula is C25H22N4O4S. The monoisotopic (exact) mass is 474 g/mol. The van der Waals surface area contributed by atoms with Crippen molar-refractivity contribution >= 4 is 40.3 Å². The van der Waals surface area contributed by atoms with Gasteiger partial charge in [-0.1, -0.05) is 42.0 Å². The summed E-state index contributed by atoms with van der Waals surface area (Å²) in [6.07, 6.45) is 1.73. The van der Waals surface area contributed by atoms with Crippen molar-refractivity contribution < 1.29 is 14.1 Å². The number of amides is 1. The fourth-order valence-corrected chi connectivity index (χ4v) is 4.94. The molecule has 0 bridgehead atoms. The fraction of sp³-hybridized carbons (Fsp3) is 0.200. The van der Waals surface area contributed by atoms with Crippen LogP contribution in [0, 0.1) is 17.0 Å². The second kappa shape index (κ2) is 9.18. The lowest BCUT2D eigenvalue weighted by Crippen LogP contribution is -2.48. The minimum absolute atomic E-state index is 0.104. The molecule has 8 nitrogen and oxygen atoms in total. The number of nitrogens with zero attached hydrogens (tertiary/aromatic N) is 4. The number of benzene rings is 2. The first-order valence-electron chi connectivity index (χ1n) is 10.9. The van der Waals surface area contributed by atoms with Gasteiger partial charge < -0.3 is 14.2 Å². The Morgan fingerprint density at radius 1 is 1.00 bits per heavy atom. The average molecular weight is 475 g/mol. The summed E-state index contributed by atoms with van der Waals surface area (Å²) >= 11 is 1.33. The third-order valence-electron chi connectivity index (χ3n) is 5.81. The third kappa shape index (κ3) is 4.47.